The Bertz CT molecular complexity index is 529. The Morgan fingerprint density at radius 1 is 1.44 bits per heavy atom. The number of phenolic OH excluding ortho intramolecular Hbond substituents is 1. The van der Waals surface area contributed by atoms with Crippen molar-refractivity contribution < 1.29 is 23.4 Å². The molecule has 0 bridgehead atoms. The molecule has 0 radical (unpaired) electrons. The van der Waals surface area contributed by atoms with Gasteiger partial charge < -0.3 is 10.2 Å². The van der Waals surface area contributed by atoms with Crippen LogP contribution in [0.25, 0.3) is 0 Å². The Balaban J connectivity index is 2.72. The van der Waals surface area contributed by atoms with Crippen LogP contribution in [0.4, 0.5) is 5.69 Å². The Morgan fingerprint density at radius 2 is 2.11 bits per heavy atom. The second-order valence-corrected chi connectivity index (χ2v) is 5.40. The fraction of sp³-hybridized carbons (Fsp3) is 0.300. The molecule has 3 N–H and O–H groups in total. The summed E-state index contributed by atoms with van der Waals surface area (Å²) in [5, 5.41) is 17.7. The zero-order valence-electron chi connectivity index (χ0n) is 9.70. The van der Waals surface area contributed by atoms with Gasteiger partial charge in [0.05, 0.1) is 12.1 Å². The summed E-state index contributed by atoms with van der Waals surface area (Å²) >= 11 is 0. The molecule has 0 atom stereocenters. The normalized spacial score (nSPS) is 11.4. The number of aliphatic carboxylic acids is 1. The number of benzene rings is 1. The Labute approximate surface area is 105 Å². The highest BCUT2D eigenvalue weighted by Gasteiger charge is 2.18. The van der Waals surface area contributed by atoms with Crippen molar-refractivity contribution in [2.75, 3.05) is 18.3 Å². The fourth-order valence-electron chi connectivity index (χ4n) is 1.17. The van der Waals surface area contributed by atoms with Crippen LogP contribution >= 0.6 is 0 Å². The summed E-state index contributed by atoms with van der Waals surface area (Å²) in [6.07, 6.45) is -0.280. The van der Waals surface area contributed by atoms with Gasteiger partial charge in [0.2, 0.25) is 0 Å². The van der Waals surface area contributed by atoms with E-state index >= 15 is 0 Å². The van der Waals surface area contributed by atoms with Gasteiger partial charge in [-0.3, -0.25) is 9.52 Å². The van der Waals surface area contributed by atoms with Crippen molar-refractivity contribution in [2.45, 2.75) is 6.42 Å². The number of phenols is 1. The summed E-state index contributed by atoms with van der Waals surface area (Å²) in [4.78, 5) is 10.4. The molecule has 0 saturated carbocycles. The molecule has 0 heterocycles. The molecule has 0 aliphatic carbocycles. The molecule has 100 valence electrons. The highest BCUT2D eigenvalue weighted by atomic mass is 32.2. The van der Waals surface area contributed by atoms with Crippen LogP contribution < -0.4 is 4.72 Å². The number of rotatable bonds is 6. The van der Waals surface area contributed by atoms with Crippen LogP contribution in [-0.4, -0.2) is 42.5 Å². The molecule has 1 rings (SSSR count). The number of hydrogen-bond acceptors (Lipinski definition) is 4. The third-order valence-corrected chi connectivity index (χ3v) is 3.64. The van der Waals surface area contributed by atoms with Gasteiger partial charge in [-0.2, -0.15) is 12.7 Å². The summed E-state index contributed by atoms with van der Waals surface area (Å²) in [6, 6.07) is 5.63. The Kier molecular flexibility index (Phi) is 4.51. The molecule has 0 spiro atoms. The van der Waals surface area contributed by atoms with Gasteiger partial charge in [-0.1, -0.05) is 6.07 Å². The minimum absolute atomic E-state index is 0.0663. The fourth-order valence-corrected chi connectivity index (χ4v) is 2.08. The van der Waals surface area contributed by atoms with E-state index in [1.165, 1.54) is 31.3 Å². The van der Waals surface area contributed by atoms with Crippen LogP contribution in [0.5, 0.6) is 5.75 Å². The molecule has 0 aliphatic heterocycles. The quantitative estimate of drug-likeness (QED) is 0.698. The predicted molar refractivity (Wildman–Crippen MR) is 65.5 cm³/mol. The van der Waals surface area contributed by atoms with Crippen molar-refractivity contribution in [3.63, 3.8) is 0 Å². The number of nitrogens with zero attached hydrogens (tertiary/aromatic N) is 1. The van der Waals surface area contributed by atoms with Gasteiger partial charge in [0, 0.05) is 19.7 Å². The molecule has 1 aromatic rings. The third-order valence-electron chi connectivity index (χ3n) is 2.14. The van der Waals surface area contributed by atoms with E-state index in [4.69, 9.17) is 5.11 Å². The first-order valence-electron chi connectivity index (χ1n) is 5.06. The minimum Gasteiger partial charge on any atom is -0.508 e. The second kappa shape index (κ2) is 5.69. The van der Waals surface area contributed by atoms with Crippen molar-refractivity contribution in [3.8, 4) is 5.75 Å². The maximum atomic E-state index is 11.8. The first-order valence-corrected chi connectivity index (χ1v) is 6.50. The molecule has 1 aromatic carbocycles. The molecule has 0 saturated heterocycles. The summed E-state index contributed by atoms with van der Waals surface area (Å²) in [6.45, 7) is -0.135. The molecular weight excluding hydrogens is 260 g/mol. The van der Waals surface area contributed by atoms with E-state index in [2.05, 4.69) is 4.72 Å². The van der Waals surface area contributed by atoms with Gasteiger partial charge >= 0.3 is 16.2 Å². The summed E-state index contributed by atoms with van der Waals surface area (Å²) in [5.41, 5.74) is 0.206. The zero-order chi connectivity index (χ0) is 13.8. The van der Waals surface area contributed by atoms with Crippen LogP contribution in [0.2, 0.25) is 0 Å². The molecule has 18 heavy (non-hydrogen) atoms. The number of nitrogens with one attached hydrogen (secondary N) is 1. The van der Waals surface area contributed by atoms with Crippen LogP contribution in [0.3, 0.4) is 0 Å². The van der Waals surface area contributed by atoms with Gasteiger partial charge in [0.25, 0.3) is 0 Å². The smallest absolute Gasteiger partial charge is 0.304 e. The van der Waals surface area contributed by atoms with Gasteiger partial charge in [0.15, 0.2) is 0 Å². The lowest BCUT2D eigenvalue weighted by atomic mass is 10.3. The van der Waals surface area contributed by atoms with Crippen LogP contribution in [0.15, 0.2) is 24.3 Å². The first kappa shape index (κ1) is 14.3. The van der Waals surface area contributed by atoms with Crippen LogP contribution in [0.1, 0.15) is 6.42 Å². The van der Waals surface area contributed by atoms with Crippen molar-refractivity contribution in [2.24, 2.45) is 0 Å². The standard InChI is InChI=1S/C10H14N2O5S/c1-12(6-5-10(14)15)18(16,17)11-8-3-2-4-9(13)7-8/h2-4,7,11,13H,5-6H2,1H3,(H,14,15). The lowest BCUT2D eigenvalue weighted by molar-refractivity contribution is -0.137. The summed E-state index contributed by atoms with van der Waals surface area (Å²) < 4.78 is 26.6. The average molecular weight is 274 g/mol. The average Bonchev–Trinajstić information content (AvgIpc) is 2.25. The Hall–Kier alpha value is -1.80. The second-order valence-electron chi connectivity index (χ2n) is 3.62. The highest BCUT2D eigenvalue weighted by molar-refractivity contribution is 7.90. The highest BCUT2D eigenvalue weighted by Crippen LogP contribution is 2.17. The van der Waals surface area contributed by atoms with E-state index in [1.807, 2.05) is 0 Å². The molecule has 0 fully saturated rings. The number of carboxylic acids is 1. The minimum atomic E-state index is -3.82. The van der Waals surface area contributed by atoms with Crippen molar-refractivity contribution in [1.82, 2.24) is 4.31 Å². The Morgan fingerprint density at radius 3 is 2.67 bits per heavy atom. The summed E-state index contributed by atoms with van der Waals surface area (Å²) in [5.74, 6) is -1.14. The van der Waals surface area contributed by atoms with E-state index in [0.717, 1.165) is 4.31 Å². The molecule has 7 nitrogen and oxygen atoms in total. The van der Waals surface area contributed by atoms with E-state index in [-0.39, 0.29) is 24.4 Å². The van der Waals surface area contributed by atoms with Gasteiger partial charge in [-0.15, -0.1) is 0 Å². The molecule has 0 amide bonds. The predicted octanol–water partition coefficient (Wildman–Crippen LogP) is 0.455. The lowest BCUT2D eigenvalue weighted by Gasteiger charge is -2.17. The largest absolute Gasteiger partial charge is 0.508 e. The van der Waals surface area contributed by atoms with E-state index in [1.54, 1.807) is 0 Å². The summed E-state index contributed by atoms with van der Waals surface area (Å²) in [7, 11) is -2.54. The monoisotopic (exact) mass is 274 g/mol. The number of aromatic hydroxyl groups is 1. The number of carbonyl (C=O) groups is 1. The molecule has 8 heteroatoms. The molecular formula is C10H14N2O5S. The van der Waals surface area contributed by atoms with E-state index in [0.29, 0.717) is 0 Å². The van der Waals surface area contributed by atoms with Gasteiger partial charge in [-0.25, -0.2) is 0 Å². The lowest BCUT2D eigenvalue weighted by Crippen LogP contribution is -2.34. The van der Waals surface area contributed by atoms with Gasteiger partial charge in [-0.05, 0) is 12.1 Å². The topological polar surface area (TPSA) is 107 Å². The van der Waals surface area contributed by atoms with Crippen LogP contribution in [-0.2, 0) is 15.0 Å². The maximum Gasteiger partial charge on any atom is 0.304 e. The number of anilines is 1. The molecule has 0 aromatic heterocycles. The van der Waals surface area contributed by atoms with Crippen molar-refractivity contribution >= 4 is 21.9 Å². The third kappa shape index (κ3) is 4.22. The van der Waals surface area contributed by atoms with Gasteiger partial charge in [0.1, 0.15) is 5.75 Å². The molecule has 0 unspecified atom stereocenters. The van der Waals surface area contributed by atoms with E-state index < -0.39 is 16.2 Å². The first-order chi connectivity index (χ1) is 8.31. The van der Waals surface area contributed by atoms with Crippen molar-refractivity contribution in [1.29, 1.82) is 0 Å². The van der Waals surface area contributed by atoms with Crippen molar-refractivity contribution in [3.05, 3.63) is 24.3 Å². The van der Waals surface area contributed by atoms with E-state index in [9.17, 15) is 18.3 Å². The maximum absolute atomic E-state index is 11.8. The number of hydrogen-bond donors (Lipinski definition) is 3. The molecule has 0 aliphatic rings. The number of carboxylic acid groups (broad SMARTS) is 1. The SMILES string of the molecule is CN(CCC(=O)O)S(=O)(=O)Nc1cccc(O)c1. The zero-order valence-corrected chi connectivity index (χ0v) is 10.5. The van der Waals surface area contributed by atoms with Crippen LogP contribution in [0, 0.1) is 0 Å².